The molecule has 2 unspecified atom stereocenters. The summed E-state index contributed by atoms with van der Waals surface area (Å²) >= 11 is 0. The number of fused-ring (bicyclic) bond motifs is 3. The van der Waals surface area contributed by atoms with Crippen LogP contribution in [0.2, 0.25) is 0 Å². The Morgan fingerprint density at radius 3 is 2.65 bits per heavy atom. The molecule has 2 heterocycles. The van der Waals surface area contributed by atoms with Crippen molar-refractivity contribution in [2.75, 3.05) is 19.6 Å². The molecule has 2 aliphatic heterocycles. The fourth-order valence-electron chi connectivity index (χ4n) is 4.21. The van der Waals surface area contributed by atoms with Crippen molar-refractivity contribution in [1.29, 1.82) is 0 Å². The average Bonchev–Trinajstić information content (AvgIpc) is 2.68. The van der Waals surface area contributed by atoms with Gasteiger partial charge in [0.15, 0.2) is 0 Å². The molecule has 0 radical (unpaired) electrons. The number of carbonyl (C=O) groups is 2. The number of carbonyl (C=O) groups excluding carboxylic acids is 2. The van der Waals surface area contributed by atoms with Gasteiger partial charge in [0, 0.05) is 19.0 Å². The number of hydrogen-bond acceptors (Lipinski definition) is 2. The Balaban J connectivity index is 1.52. The minimum atomic E-state index is -0.129. The molecule has 26 heavy (non-hydrogen) atoms. The minimum Gasteiger partial charge on any atom is -0.332 e. The maximum absolute atomic E-state index is 13.0. The van der Waals surface area contributed by atoms with Gasteiger partial charge in [0.25, 0.3) is 0 Å². The number of amides is 2. The van der Waals surface area contributed by atoms with Crippen LogP contribution in [0.15, 0.2) is 54.6 Å². The summed E-state index contributed by atoms with van der Waals surface area (Å²) in [6, 6.07) is 18.4. The third-order valence-corrected chi connectivity index (χ3v) is 5.57. The van der Waals surface area contributed by atoms with E-state index in [-0.39, 0.29) is 30.3 Å². The van der Waals surface area contributed by atoms with Crippen molar-refractivity contribution in [2.45, 2.75) is 25.8 Å². The van der Waals surface area contributed by atoms with Gasteiger partial charge in [0.05, 0.1) is 12.6 Å². The largest absolute Gasteiger partial charge is 0.332 e. The molecule has 134 valence electrons. The van der Waals surface area contributed by atoms with E-state index in [1.165, 1.54) is 11.1 Å². The fraction of sp³-hybridized carbons (Fsp3) is 0.364. The topological polar surface area (TPSA) is 40.6 Å². The summed E-state index contributed by atoms with van der Waals surface area (Å²) in [4.78, 5) is 29.4. The molecule has 4 nitrogen and oxygen atoms in total. The van der Waals surface area contributed by atoms with Crippen molar-refractivity contribution < 1.29 is 9.59 Å². The Kier molecular flexibility index (Phi) is 4.49. The first kappa shape index (κ1) is 16.8. The standard InChI is InChI=1S/C22H24N2O2/c1-16(13-17-7-3-2-4-8-17)22(26)23-14-20-19-10-6-5-9-18(19)11-12-24(20)21(25)15-23/h2-10,16,20H,11-15H2,1H3. The second-order valence-corrected chi connectivity index (χ2v) is 7.36. The van der Waals surface area contributed by atoms with E-state index in [0.29, 0.717) is 13.0 Å². The lowest BCUT2D eigenvalue weighted by Crippen LogP contribution is -2.56. The summed E-state index contributed by atoms with van der Waals surface area (Å²) in [6.45, 7) is 3.51. The zero-order valence-electron chi connectivity index (χ0n) is 15.1. The Labute approximate surface area is 154 Å². The lowest BCUT2D eigenvalue weighted by molar-refractivity contribution is -0.151. The minimum absolute atomic E-state index is 0.00549. The molecule has 0 bridgehead atoms. The van der Waals surface area contributed by atoms with Gasteiger partial charge in [0.2, 0.25) is 11.8 Å². The summed E-state index contributed by atoms with van der Waals surface area (Å²) in [5.74, 6) is 0.0107. The van der Waals surface area contributed by atoms with Gasteiger partial charge >= 0.3 is 0 Å². The molecule has 0 aliphatic carbocycles. The van der Waals surface area contributed by atoms with Gasteiger partial charge in [-0.3, -0.25) is 9.59 Å². The van der Waals surface area contributed by atoms with Gasteiger partial charge in [-0.05, 0) is 29.5 Å². The van der Waals surface area contributed by atoms with Crippen LogP contribution in [0.1, 0.15) is 29.7 Å². The lowest BCUT2D eigenvalue weighted by atomic mass is 9.90. The average molecular weight is 348 g/mol. The zero-order valence-corrected chi connectivity index (χ0v) is 15.1. The highest BCUT2D eigenvalue weighted by Gasteiger charge is 2.39. The molecule has 2 amide bonds. The maximum Gasteiger partial charge on any atom is 0.242 e. The molecule has 1 fully saturated rings. The normalized spacial score (nSPS) is 20.3. The molecule has 1 saturated heterocycles. The van der Waals surface area contributed by atoms with Crippen LogP contribution in [0.5, 0.6) is 0 Å². The third-order valence-electron chi connectivity index (χ3n) is 5.57. The smallest absolute Gasteiger partial charge is 0.242 e. The molecule has 0 spiro atoms. The van der Waals surface area contributed by atoms with Crippen LogP contribution in [0, 0.1) is 5.92 Å². The number of rotatable bonds is 3. The summed E-state index contributed by atoms with van der Waals surface area (Å²) in [5.41, 5.74) is 3.65. The quantitative estimate of drug-likeness (QED) is 0.856. The Morgan fingerprint density at radius 1 is 1.12 bits per heavy atom. The monoisotopic (exact) mass is 348 g/mol. The molecule has 4 rings (SSSR count). The van der Waals surface area contributed by atoms with Crippen LogP contribution in [-0.4, -0.2) is 41.2 Å². The zero-order chi connectivity index (χ0) is 18.1. The highest BCUT2D eigenvalue weighted by Crippen LogP contribution is 2.33. The molecule has 2 aromatic rings. The first-order valence-electron chi connectivity index (χ1n) is 9.33. The summed E-state index contributed by atoms with van der Waals surface area (Å²) in [6.07, 6.45) is 1.60. The van der Waals surface area contributed by atoms with Gasteiger partial charge in [-0.25, -0.2) is 0 Å². The predicted octanol–water partition coefficient (Wildman–Crippen LogP) is 2.83. The highest BCUT2D eigenvalue weighted by molar-refractivity contribution is 5.87. The molecule has 2 aromatic carbocycles. The number of hydrogen-bond donors (Lipinski definition) is 0. The van der Waals surface area contributed by atoms with E-state index in [4.69, 9.17) is 0 Å². The fourth-order valence-corrected chi connectivity index (χ4v) is 4.21. The third kappa shape index (κ3) is 3.12. The Bertz CT molecular complexity index is 818. The van der Waals surface area contributed by atoms with E-state index in [2.05, 4.69) is 12.1 Å². The Hall–Kier alpha value is -2.62. The van der Waals surface area contributed by atoms with Gasteiger partial charge in [-0.1, -0.05) is 61.5 Å². The van der Waals surface area contributed by atoms with Crippen molar-refractivity contribution in [3.8, 4) is 0 Å². The van der Waals surface area contributed by atoms with E-state index < -0.39 is 0 Å². The molecular weight excluding hydrogens is 324 g/mol. The Morgan fingerprint density at radius 2 is 1.85 bits per heavy atom. The van der Waals surface area contributed by atoms with E-state index in [1.807, 2.05) is 54.3 Å². The van der Waals surface area contributed by atoms with Crippen LogP contribution in [-0.2, 0) is 22.4 Å². The SMILES string of the molecule is CC(Cc1ccccc1)C(=O)N1CC(=O)N2CCc3ccccc3C2C1. The van der Waals surface area contributed by atoms with Gasteiger partial charge in [-0.15, -0.1) is 0 Å². The first-order valence-corrected chi connectivity index (χ1v) is 9.33. The van der Waals surface area contributed by atoms with Crippen molar-refractivity contribution in [2.24, 2.45) is 5.92 Å². The molecule has 2 aliphatic rings. The van der Waals surface area contributed by atoms with Crippen LogP contribution in [0.25, 0.3) is 0 Å². The summed E-state index contributed by atoms with van der Waals surface area (Å²) in [5, 5.41) is 0. The molecule has 0 N–H and O–H groups in total. The second kappa shape index (κ2) is 6.94. The van der Waals surface area contributed by atoms with E-state index >= 15 is 0 Å². The van der Waals surface area contributed by atoms with E-state index in [9.17, 15) is 9.59 Å². The van der Waals surface area contributed by atoms with Crippen LogP contribution in [0.4, 0.5) is 0 Å². The van der Waals surface area contributed by atoms with Crippen molar-refractivity contribution in [3.63, 3.8) is 0 Å². The van der Waals surface area contributed by atoms with Gasteiger partial charge in [-0.2, -0.15) is 0 Å². The number of benzene rings is 2. The van der Waals surface area contributed by atoms with E-state index in [0.717, 1.165) is 18.5 Å². The van der Waals surface area contributed by atoms with Crippen LogP contribution < -0.4 is 0 Å². The second-order valence-electron chi connectivity index (χ2n) is 7.36. The molecule has 2 atom stereocenters. The highest BCUT2D eigenvalue weighted by atomic mass is 16.2. The summed E-state index contributed by atoms with van der Waals surface area (Å²) in [7, 11) is 0. The van der Waals surface area contributed by atoms with E-state index in [1.54, 1.807) is 4.90 Å². The number of nitrogens with zero attached hydrogens (tertiary/aromatic N) is 2. The van der Waals surface area contributed by atoms with Gasteiger partial charge in [0.1, 0.15) is 0 Å². The number of piperazine rings is 1. The maximum atomic E-state index is 13.0. The first-order chi connectivity index (χ1) is 12.6. The van der Waals surface area contributed by atoms with Crippen molar-refractivity contribution >= 4 is 11.8 Å². The van der Waals surface area contributed by atoms with Crippen molar-refractivity contribution in [3.05, 3.63) is 71.3 Å². The van der Waals surface area contributed by atoms with Crippen molar-refractivity contribution in [1.82, 2.24) is 9.80 Å². The molecule has 0 saturated carbocycles. The van der Waals surface area contributed by atoms with Gasteiger partial charge < -0.3 is 9.80 Å². The lowest BCUT2D eigenvalue weighted by Gasteiger charge is -2.45. The predicted molar refractivity (Wildman–Crippen MR) is 100 cm³/mol. The molecular formula is C22H24N2O2. The van der Waals surface area contributed by atoms with Crippen LogP contribution in [0.3, 0.4) is 0 Å². The molecule has 0 aromatic heterocycles. The molecule has 4 heteroatoms. The van der Waals surface area contributed by atoms with Crippen LogP contribution >= 0.6 is 0 Å². The summed E-state index contributed by atoms with van der Waals surface area (Å²) < 4.78 is 0.